The van der Waals surface area contributed by atoms with E-state index in [1.165, 1.54) is 0 Å². The second kappa shape index (κ2) is 8.18. The third-order valence-electron chi connectivity index (χ3n) is 2.70. The molecule has 0 unspecified atom stereocenters. The lowest BCUT2D eigenvalue weighted by molar-refractivity contribution is -0.137. The van der Waals surface area contributed by atoms with Gasteiger partial charge in [0.1, 0.15) is 0 Å². The van der Waals surface area contributed by atoms with Gasteiger partial charge in [-0.2, -0.15) is 0 Å². The Morgan fingerprint density at radius 3 is 1.95 bits per heavy atom. The average Bonchev–Trinajstić information content (AvgIpc) is 2.08. The van der Waals surface area contributed by atoms with E-state index in [1.807, 2.05) is 0 Å². The van der Waals surface area contributed by atoms with E-state index in [1.54, 1.807) is 0 Å². The Balaban J connectivity index is 4.52. The molecule has 0 saturated carbocycles. The highest BCUT2D eigenvalue weighted by Crippen LogP contribution is 2.24. The van der Waals surface area contributed by atoms with E-state index in [-0.39, 0.29) is 6.42 Å². The molecule has 0 saturated heterocycles. The van der Waals surface area contributed by atoms with Crippen molar-refractivity contribution in [1.29, 1.82) is 0 Å². The molecular weight excluding hydrogens is 336 g/mol. The van der Waals surface area contributed by atoms with Gasteiger partial charge in [-0.15, -0.1) is 0 Å². The topological polar surface area (TPSA) is 65.0 Å². The molecule has 0 aromatic rings. The van der Waals surface area contributed by atoms with Crippen LogP contribution in [0, 0.1) is 0 Å². The number of carboxylic acids is 1. The highest BCUT2D eigenvalue weighted by Gasteiger charge is 2.40. The van der Waals surface area contributed by atoms with Crippen LogP contribution in [0.4, 0.5) is 0 Å². The second-order valence-electron chi connectivity index (χ2n) is 7.18. The van der Waals surface area contributed by atoms with Gasteiger partial charge in [-0.3, -0.25) is 4.79 Å². The van der Waals surface area contributed by atoms with E-state index in [2.05, 4.69) is 52.4 Å². The van der Waals surface area contributed by atoms with Gasteiger partial charge in [0, 0.05) is 6.42 Å². The summed E-state index contributed by atoms with van der Waals surface area (Å²) in [7, 11) is -7.38. The lowest BCUT2D eigenvalue weighted by Gasteiger charge is -2.38. The van der Waals surface area contributed by atoms with E-state index >= 15 is 0 Å². The van der Waals surface area contributed by atoms with Gasteiger partial charge < -0.3 is 17.5 Å². The predicted molar refractivity (Wildman–Crippen MR) is 96.3 cm³/mol. The molecule has 0 heterocycles. The molecule has 0 rings (SSSR count). The van der Waals surface area contributed by atoms with Gasteiger partial charge in [-0.1, -0.05) is 0 Å². The third-order valence-corrected chi connectivity index (χ3v) is 16.5. The maximum atomic E-state index is 10.6. The van der Waals surface area contributed by atoms with Crippen molar-refractivity contribution in [3.05, 3.63) is 0 Å². The van der Waals surface area contributed by atoms with Crippen LogP contribution in [0.25, 0.3) is 0 Å². The lowest BCUT2D eigenvalue weighted by Crippen LogP contribution is -2.54. The molecule has 5 nitrogen and oxygen atoms in total. The summed E-state index contributed by atoms with van der Waals surface area (Å²) < 4.78 is 18.7. The molecule has 0 amide bonds. The Morgan fingerprint density at radius 2 is 1.52 bits per heavy atom. The van der Waals surface area contributed by atoms with Gasteiger partial charge in [0.2, 0.25) is 0 Å². The Hall–Kier alpha value is 0.218. The minimum Gasteiger partial charge on any atom is -0.481 e. The van der Waals surface area contributed by atoms with Crippen LogP contribution in [0.1, 0.15) is 12.8 Å². The van der Waals surface area contributed by atoms with Crippen molar-refractivity contribution < 1.29 is 22.2 Å². The Bertz CT molecular complexity index is 345. The number of carbonyl (C=O) groups is 1. The molecule has 0 aliphatic heterocycles. The molecule has 9 heteroatoms. The molecule has 0 fully saturated rings. The second-order valence-corrected chi connectivity index (χ2v) is 21.5. The summed E-state index contributed by atoms with van der Waals surface area (Å²) in [4.78, 5) is 10.6. The number of carboxylic acid groups (broad SMARTS) is 1. The zero-order chi connectivity index (χ0) is 16.9. The standard InChI is InChI=1S/C12H32O5Si4/c1-18(2)15-20(5,6)17-21(7,8)16-19(3,4)11-9-10-12(13)14/h18H,9-11H2,1-8H3,(H,13,14). The maximum absolute atomic E-state index is 10.6. The molecule has 0 aromatic heterocycles. The summed E-state index contributed by atoms with van der Waals surface area (Å²) in [6, 6.07) is 0.848. The molecule has 126 valence electrons. The highest BCUT2D eigenvalue weighted by atomic mass is 28.5. The van der Waals surface area contributed by atoms with Gasteiger partial charge in [-0.05, 0) is 64.8 Å². The SMILES string of the molecule is C[SiH](C)O[Si](C)(C)O[Si](C)(C)O[Si](C)(C)CCCC(=O)O. The first-order chi connectivity index (χ1) is 9.25. The molecule has 0 aliphatic carbocycles. The van der Waals surface area contributed by atoms with E-state index in [0.29, 0.717) is 6.42 Å². The largest absolute Gasteiger partial charge is 0.481 e. The summed E-state index contributed by atoms with van der Waals surface area (Å²) in [6.45, 7) is 16.9. The molecule has 0 aromatic carbocycles. The average molecular weight is 369 g/mol. The Kier molecular flexibility index (Phi) is 8.26. The first-order valence-corrected chi connectivity index (χ1v) is 19.1. The van der Waals surface area contributed by atoms with Crippen LogP contribution in [-0.4, -0.2) is 45.6 Å². The van der Waals surface area contributed by atoms with E-state index in [4.69, 9.17) is 17.5 Å². The maximum Gasteiger partial charge on any atom is 0.312 e. The zero-order valence-electron chi connectivity index (χ0n) is 14.8. The molecule has 0 bridgehead atoms. The lowest BCUT2D eigenvalue weighted by atomic mass is 10.3. The quantitative estimate of drug-likeness (QED) is 0.598. The number of aliphatic carboxylic acids is 1. The van der Waals surface area contributed by atoms with Gasteiger partial charge >= 0.3 is 23.1 Å². The summed E-state index contributed by atoms with van der Waals surface area (Å²) in [6.07, 6.45) is 0.889. The van der Waals surface area contributed by atoms with Gasteiger partial charge in [0.05, 0.1) is 0 Å². The monoisotopic (exact) mass is 368 g/mol. The normalized spacial score (nSPS) is 13.8. The van der Waals surface area contributed by atoms with Crippen LogP contribution < -0.4 is 0 Å². The fourth-order valence-corrected chi connectivity index (χ4v) is 19.8. The van der Waals surface area contributed by atoms with E-state index in [0.717, 1.165) is 6.04 Å². The van der Waals surface area contributed by atoms with Gasteiger partial charge in [0.25, 0.3) is 0 Å². The first-order valence-electron chi connectivity index (χ1n) is 7.55. The van der Waals surface area contributed by atoms with Crippen molar-refractivity contribution in [2.45, 2.75) is 71.3 Å². The fourth-order valence-electron chi connectivity index (χ4n) is 2.59. The van der Waals surface area contributed by atoms with Gasteiger partial charge in [-0.25, -0.2) is 0 Å². The molecule has 0 aliphatic rings. The molecule has 0 radical (unpaired) electrons. The smallest absolute Gasteiger partial charge is 0.312 e. The Labute approximate surface area is 134 Å². The van der Waals surface area contributed by atoms with Gasteiger partial charge in [0.15, 0.2) is 17.4 Å². The summed E-state index contributed by atoms with van der Waals surface area (Å²) in [5.41, 5.74) is 0. The minimum absolute atomic E-state index is 0.213. The van der Waals surface area contributed by atoms with Crippen LogP contribution >= 0.6 is 0 Å². The first kappa shape index (κ1) is 21.2. The number of hydrogen-bond acceptors (Lipinski definition) is 4. The summed E-state index contributed by atoms with van der Waals surface area (Å²) in [5.74, 6) is -0.739. The van der Waals surface area contributed by atoms with Crippen LogP contribution in [0.15, 0.2) is 0 Å². The van der Waals surface area contributed by atoms with Crippen LogP contribution in [-0.2, 0) is 17.1 Å². The van der Waals surface area contributed by atoms with Crippen molar-refractivity contribution in [3.63, 3.8) is 0 Å². The highest BCUT2D eigenvalue weighted by molar-refractivity contribution is 6.87. The predicted octanol–water partition coefficient (Wildman–Crippen LogP) is 3.49. The third kappa shape index (κ3) is 11.4. The summed E-state index contributed by atoms with van der Waals surface area (Å²) >= 11 is 0. The van der Waals surface area contributed by atoms with Crippen molar-refractivity contribution in [2.75, 3.05) is 0 Å². The van der Waals surface area contributed by atoms with E-state index in [9.17, 15) is 4.79 Å². The van der Waals surface area contributed by atoms with Crippen LogP contribution in [0.2, 0.25) is 58.4 Å². The molecule has 0 atom stereocenters. The minimum atomic E-state index is -2.24. The molecule has 0 spiro atoms. The number of rotatable bonds is 10. The van der Waals surface area contributed by atoms with E-state index < -0.39 is 40.4 Å². The molecular formula is C12H32O5Si4. The van der Waals surface area contributed by atoms with Crippen LogP contribution in [0.5, 0.6) is 0 Å². The van der Waals surface area contributed by atoms with Crippen LogP contribution in [0.3, 0.4) is 0 Å². The van der Waals surface area contributed by atoms with Crippen molar-refractivity contribution in [2.24, 2.45) is 0 Å². The summed E-state index contributed by atoms with van der Waals surface area (Å²) in [5, 5.41) is 8.73. The van der Waals surface area contributed by atoms with Crippen molar-refractivity contribution in [1.82, 2.24) is 0 Å². The van der Waals surface area contributed by atoms with Crippen molar-refractivity contribution >= 4 is 40.4 Å². The molecule has 21 heavy (non-hydrogen) atoms. The zero-order valence-corrected chi connectivity index (χ0v) is 18.9. The Morgan fingerprint density at radius 1 is 1.00 bits per heavy atom. The number of hydrogen-bond donors (Lipinski definition) is 1. The molecule has 1 N–H and O–H groups in total. The van der Waals surface area contributed by atoms with Crippen molar-refractivity contribution in [3.8, 4) is 0 Å². The fraction of sp³-hybridized carbons (Fsp3) is 0.917.